The molecule has 5 nitrogen and oxygen atoms in total. The number of rotatable bonds is 5. The van der Waals surface area contributed by atoms with Crippen molar-refractivity contribution in [2.45, 2.75) is 13.0 Å². The van der Waals surface area contributed by atoms with Crippen molar-refractivity contribution in [2.24, 2.45) is 5.10 Å². The molecular formula is C20H18N2O3. The van der Waals surface area contributed by atoms with Crippen LogP contribution >= 0.6 is 0 Å². The number of phenolic OH excluding ortho intramolecular Hbond substituents is 1. The number of fused-ring (bicyclic) bond motifs is 1. The normalized spacial score (nSPS) is 12.2. The van der Waals surface area contributed by atoms with E-state index in [1.807, 2.05) is 42.5 Å². The van der Waals surface area contributed by atoms with Gasteiger partial charge in [0.1, 0.15) is 11.5 Å². The molecule has 0 fully saturated rings. The predicted molar refractivity (Wildman–Crippen MR) is 97.9 cm³/mol. The van der Waals surface area contributed by atoms with Crippen molar-refractivity contribution >= 4 is 22.9 Å². The summed E-state index contributed by atoms with van der Waals surface area (Å²) in [6.07, 6.45) is 0.767. The van der Waals surface area contributed by atoms with Gasteiger partial charge < -0.3 is 9.84 Å². The number of ether oxygens (including phenoxy) is 1. The first-order valence-electron chi connectivity index (χ1n) is 7.89. The number of nitrogens with zero attached hydrogens (tertiary/aromatic N) is 1. The van der Waals surface area contributed by atoms with Crippen LogP contribution in [0.15, 0.2) is 71.8 Å². The zero-order chi connectivity index (χ0) is 17.6. The number of carbonyl (C=O) groups excluding carboxylic acids is 1. The second-order valence-electron chi connectivity index (χ2n) is 5.60. The first kappa shape index (κ1) is 16.5. The number of hydrogen-bond acceptors (Lipinski definition) is 4. The summed E-state index contributed by atoms with van der Waals surface area (Å²) in [6, 6.07) is 20.2. The molecule has 5 heteroatoms. The Balaban J connectivity index is 1.59. The number of benzene rings is 3. The minimum atomic E-state index is -0.692. The van der Waals surface area contributed by atoms with Gasteiger partial charge in [-0.3, -0.25) is 4.79 Å². The maximum atomic E-state index is 12.1. The van der Waals surface area contributed by atoms with Gasteiger partial charge >= 0.3 is 0 Å². The fourth-order valence-electron chi connectivity index (χ4n) is 2.36. The topological polar surface area (TPSA) is 70.9 Å². The molecule has 0 radical (unpaired) electrons. The zero-order valence-corrected chi connectivity index (χ0v) is 13.7. The van der Waals surface area contributed by atoms with Crippen LogP contribution in [0.2, 0.25) is 0 Å². The largest absolute Gasteiger partial charge is 0.508 e. The molecule has 3 rings (SSSR count). The van der Waals surface area contributed by atoms with Crippen molar-refractivity contribution in [1.29, 1.82) is 0 Å². The Labute approximate surface area is 145 Å². The number of amides is 1. The maximum absolute atomic E-state index is 12.1. The van der Waals surface area contributed by atoms with E-state index in [0.717, 1.165) is 10.8 Å². The molecule has 25 heavy (non-hydrogen) atoms. The first-order chi connectivity index (χ1) is 12.1. The van der Waals surface area contributed by atoms with E-state index < -0.39 is 6.10 Å². The minimum Gasteiger partial charge on any atom is -0.508 e. The third kappa shape index (κ3) is 4.35. The molecule has 0 saturated heterocycles. The molecule has 126 valence electrons. The number of carbonyl (C=O) groups is 1. The molecule has 1 amide bonds. The molecule has 0 unspecified atom stereocenters. The smallest absolute Gasteiger partial charge is 0.280 e. The number of hydrogen-bond donors (Lipinski definition) is 2. The van der Waals surface area contributed by atoms with Crippen LogP contribution < -0.4 is 10.2 Å². The molecule has 3 aromatic rings. The lowest BCUT2D eigenvalue weighted by Crippen LogP contribution is -2.33. The zero-order valence-electron chi connectivity index (χ0n) is 13.7. The lowest BCUT2D eigenvalue weighted by atomic mass is 10.1. The first-order valence-corrected chi connectivity index (χ1v) is 7.89. The van der Waals surface area contributed by atoms with E-state index in [4.69, 9.17) is 4.74 Å². The average molecular weight is 334 g/mol. The Hall–Kier alpha value is -3.34. The predicted octanol–water partition coefficient (Wildman–Crippen LogP) is 3.46. The van der Waals surface area contributed by atoms with Gasteiger partial charge in [0.15, 0.2) is 6.10 Å². The quantitative estimate of drug-likeness (QED) is 0.554. The third-order valence-corrected chi connectivity index (χ3v) is 3.66. The van der Waals surface area contributed by atoms with Gasteiger partial charge in [-0.25, -0.2) is 5.43 Å². The van der Waals surface area contributed by atoms with Gasteiger partial charge in [0.05, 0.1) is 6.21 Å². The van der Waals surface area contributed by atoms with Crippen LogP contribution in [-0.2, 0) is 4.79 Å². The molecule has 0 aromatic heterocycles. The van der Waals surface area contributed by atoms with Crippen LogP contribution in [-0.4, -0.2) is 23.3 Å². The van der Waals surface area contributed by atoms with Crippen molar-refractivity contribution in [2.75, 3.05) is 0 Å². The minimum absolute atomic E-state index is 0.142. The van der Waals surface area contributed by atoms with Gasteiger partial charge in [-0.2, -0.15) is 5.10 Å². The molecule has 1 atom stereocenters. The Morgan fingerprint density at radius 3 is 2.68 bits per heavy atom. The van der Waals surface area contributed by atoms with Crippen LogP contribution in [0.5, 0.6) is 11.5 Å². The van der Waals surface area contributed by atoms with E-state index in [1.165, 1.54) is 6.21 Å². The van der Waals surface area contributed by atoms with Crippen molar-refractivity contribution in [3.05, 3.63) is 72.3 Å². The summed E-state index contributed by atoms with van der Waals surface area (Å²) in [5.74, 6) is 0.408. The summed E-state index contributed by atoms with van der Waals surface area (Å²) in [4.78, 5) is 12.1. The molecular weight excluding hydrogens is 316 g/mol. The van der Waals surface area contributed by atoms with E-state index in [2.05, 4.69) is 10.5 Å². The Morgan fingerprint density at radius 2 is 1.88 bits per heavy atom. The number of hydrazone groups is 1. The molecule has 0 heterocycles. The lowest BCUT2D eigenvalue weighted by Gasteiger charge is -2.13. The highest BCUT2D eigenvalue weighted by molar-refractivity contribution is 5.85. The van der Waals surface area contributed by atoms with Crippen molar-refractivity contribution in [3.8, 4) is 11.5 Å². The van der Waals surface area contributed by atoms with Gasteiger partial charge in [-0.1, -0.05) is 42.5 Å². The highest BCUT2D eigenvalue weighted by Gasteiger charge is 2.14. The molecule has 0 aliphatic rings. The summed E-state index contributed by atoms with van der Waals surface area (Å²) in [5, 5.41) is 15.4. The van der Waals surface area contributed by atoms with Crippen molar-refractivity contribution in [3.63, 3.8) is 0 Å². The second-order valence-corrected chi connectivity index (χ2v) is 5.60. The molecule has 2 N–H and O–H groups in total. The van der Waals surface area contributed by atoms with E-state index >= 15 is 0 Å². The van der Waals surface area contributed by atoms with Gasteiger partial charge in [0.25, 0.3) is 5.91 Å². The summed E-state index contributed by atoms with van der Waals surface area (Å²) >= 11 is 0. The summed E-state index contributed by atoms with van der Waals surface area (Å²) in [5.41, 5.74) is 3.12. The lowest BCUT2D eigenvalue weighted by molar-refractivity contribution is -0.127. The fraction of sp³-hybridized carbons (Fsp3) is 0.100. The average Bonchev–Trinajstić information content (AvgIpc) is 2.61. The second kappa shape index (κ2) is 7.49. The highest BCUT2D eigenvalue weighted by Crippen LogP contribution is 2.21. The van der Waals surface area contributed by atoms with Crippen LogP contribution in [0.25, 0.3) is 10.8 Å². The van der Waals surface area contributed by atoms with Gasteiger partial charge in [-0.15, -0.1) is 0 Å². The molecule has 0 aliphatic heterocycles. The highest BCUT2D eigenvalue weighted by atomic mass is 16.5. The summed E-state index contributed by atoms with van der Waals surface area (Å²) < 4.78 is 5.68. The van der Waals surface area contributed by atoms with Gasteiger partial charge in [-0.05, 0) is 47.5 Å². The van der Waals surface area contributed by atoms with Crippen LogP contribution in [0.4, 0.5) is 0 Å². The number of aromatic hydroxyl groups is 1. The fourth-order valence-corrected chi connectivity index (χ4v) is 2.36. The monoisotopic (exact) mass is 334 g/mol. The van der Waals surface area contributed by atoms with Crippen molar-refractivity contribution < 1.29 is 14.6 Å². The standard InChI is InChI=1S/C20H18N2O3/c1-14(20(24)22-21-13-15-5-4-8-18(23)11-15)25-19-10-9-16-6-2-3-7-17(16)12-19/h2-14,23H,1H3,(H,22,24)/b21-13-/t14-/m0/s1. The molecule has 0 spiro atoms. The van der Waals surface area contributed by atoms with E-state index in [-0.39, 0.29) is 11.7 Å². The summed E-state index contributed by atoms with van der Waals surface area (Å²) in [7, 11) is 0. The maximum Gasteiger partial charge on any atom is 0.280 e. The Kier molecular flexibility index (Phi) is 4.95. The van der Waals surface area contributed by atoms with E-state index in [9.17, 15) is 9.90 Å². The van der Waals surface area contributed by atoms with E-state index in [1.54, 1.807) is 31.2 Å². The summed E-state index contributed by atoms with van der Waals surface area (Å²) in [6.45, 7) is 1.66. The van der Waals surface area contributed by atoms with E-state index in [0.29, 0.717) is 11.3 Å². The van der Waals surface area contributed by atoms with Crippen molar-refractivity contribution in [1.82, 2.24) is 5.43 Å². The molecule has 0 aliphatic carbocycles. The van der Waals surface area contributed by atoms with Gasteiger partial charge in [0, 0.05) is 0 Å². The third-order valence-electron chi connectivity index (χ3n) is 3.66. The number of nitrogens with one attached hydrogen (secondary N) is 1. The van der Waals surface area contributed by atoms with Crippen LogP contribution in [0, 0.1) is 0 Å². The Morgan fingerprint density at radius 1 is 1.08 bits per heavy atom. The van der Waals surface area contributed by atoms with Gasteiger partial charge in [0.2, 0.25) is 0 Å². The van der Waals surface area contributed by atoms with Crippen LogP contribution in [0.1, 0.15) is 12.5 Å². The molecule has 0 saturated carbocycles. The molecule has 3 aromatic carbocycles. The number of phenols is 1. The molecule has 0 bridgehead atoms. The SMILES string of the molecule is C[C@H](Oc1ccc2ccccc2c1)C(=O)N/N=C\c1cccc(O)c1. The Bertz CT molecular complexity index is 921. The van der Waals surface area contributed by atoms with Crippen LogP contribution in [0.3, 0.4) is 0 Å².